The molecule has 25 heavy (non-hydrogen) atoms. The molecule has 6 heteroatoms. The summed E-state index contributed by atoms with van der Waals surface area (Å²) in [6, 6.07) is 6.78. The minimum Gasteiger partial charge on any atom is -0.352 e. The lowest BCUT2D eigenvalue weighted by Crippen LogP contribution is -2.45. The summed E-state index contributed by atoms with van der Waals surface area (Å²) in [6.07, 6.45) is 8.01. The molecule has 3 N–H and O–H groups in total. The number of hydrogen-bond acceptors (Lipinski definition) is 3. The van der Waals surface area contributed by atoms with E-state index in [0.29, 0.717) is 18.5 Å². The Hall–Kier alpha value is -1.69. The Balaban J connectivity index is 1.77. The van der Waals surface area contributed by atoms with E-state index in [1.165, 1.54) is 35.3 Å². The van der Waals surface area contributed by atoms with E-state index < -0.39 is 0 Å². The van der Waals surface area contributed by atoms with Crippen LogP contribution < -0.4 is 16.0 Å². The minimum atomic E-state index is 0.0370. The number of amides is 1. The fraction of sp³-hybridized carbons (Fsp3) is 0.579. The second-order valence-electron chi connectivity index (χ2n) is 6.50. The van der Waals surface area contributed by atoms with Gasteiger partial charge in [0.25, 0.3) is 0 Å². The highest BCUT2D eigenvalue weighted by Crippen LogP contribution is 2.21. The number of aliphatic imine (C=N–C) groups is 1. The summed E-state index contributed by atoms with van der Waals surface area (Å²) in [5, 5.41) is 9.49. The van der Waals surface area contributed by atoms with Crippen LogP contribution in [-0.2, 0) is 11.3 Å². The summed E-state index contributed by atoms with van der Waals surface area (Å²) in [6.45, 7) is 3.03. The third-order valence-electron chi connectivity index (χ3n) is 4.50. The maximum Gasteiger partial charge on any atom is 0.239 e. The Labute approximate surface area is 155 Å². The Morgan fingerprint density at radius 2 is 2.00 bits per heavy atom. The molecule has 5 nitrogen and oxygen atoms in total. The van der Waals surface area contributed by atoms with Crippen molar-refractivity contribution in [3.8, 4) is 0 Å². The van der Waals surface area contributed by atoms with Crippen LogP contribution >= 0.6 is 11.8 Å². The predicted octanol–water partition coefficient (Wildman–Crippen LogP) is 2.83. The van der Waals surface area contributed by atoms with Gasteiger partial charge in [-0.3, -0.25) is 9.79 Å². The number of nitrogens with zero attached hydrogens (tertiary/aromatic N) is 1. The number of thioether (sulfide) groups is 1. The van der Waals surface area contributed by atoms with E-state index in [4.69, 9.17) is 0 Å². The van der Waals surface area contributed by atoms with Crippen LogP contribution in [0.15, 0.2) is 28.1 Å². The van der Waals surface area contributed by atoms with E-state index in [9.17, 15) is 4.79 Å². The SMILES string of the molecule is CN=C(NCC(=O)NC1CCCCC1)NCc1ccc(C)cc1SC. The topological polar surface area (TPSA) is 65.5 Å². The molecule has 0 atom stereocenters. The third-order valence-corrected chi connectivity index (χ3v) is 5.32. The normalized spacial score (nSPS) is 15.7. The van der Waals surface area contributed by atoms with Crippen molar-refractivity contribution >= 4 is 23.6 Å². The van der Waals surface area contributed by atoms with E-state index in [1.54, 1.807) is 18.8 Å². The van der Waals surface area contributed by atoms with Gasteiger partial charge in [0, 0.05) is 24.5 Å². The molecule has 1 saturated carbocycles. The lowest BCUT2D eigenvalue weighted by atomic mass is 9.95. The number of carbonyl (C=O) groups is 1. The molecule has 1 aromatic carbocycles. The van der Waals surface area contributed by atoms with Gasteiger partial charge in [0.05, 0.1) is 6.54 Å². The van der Waals surface area contributed by atoms with E-state index in [2.05, 4.69) is 52.3 Å². The summed E-state index contributed by atoms with van der Waals surface area (Å²) in [4.78, 5) is 17.5. The summed E-state index contributed by atoms with van der Waals surface area (Å²) in [5.74, 6) is 0.682. The Morgan fingerprint density at radius 3 is 2.68 bits per heavy atom. The van der Waals surface area contributed by atoms with Gasteiger partial charge >= 0.3 is 0 Å². The molecule has 0 saturated heterocycles. The first-order chi connectivity index (χ1) is 12.1. The Bertz CT molecular complexity index is 597. The minimum absolute atomic E-state index is 0.0370. The smallest absolute Gasteiger partial charge is 0.239 e. The highest BCUT2D eigenvalue weighted by molar-refractivity contribution is 7.98. The summed E-state index contributed by atoms with van der Waals surface area (Å²) in [5.41, 5.74) is 2.49. The van der Waals surface area contributed by atoms with Crippen molar-refractivity contribution in [2.75, 3.05) is 19.8 Å². The van der Waals surface area contributed by atoms with Crippen molar-refractivity contribution in [2.24, 2.45) is 4.99 Å². The third kappa shape index (κ3) is 6.61. The maximum absolute atomic E-state index is 12.1. The van der Waals surface area contributed by atoms with Crippen molar-refractivity contribution < 1.29 is 4.79 Å². The van der Waals surface area contributed by atoms with Crippen LogP contribution in [0.2, 0.25) is 0 Å². The zero-order valence-corrected chi connectivity index (χ0v) is 16.3. The summed E-state index contributed by atoms with van der Waals surface area (Å²) in [7, 11) is 1.72. The van der Waals surface area contributed by atoms with E-state index >= 15 is 0 Å². The molecule has 1 aliphatic rings. The van der Waals surface area contributed by atoms with Crippen LogP contribution in [0.25, 0.3) is 0 Å². The number of aryl methyl sites for hydroxylation is 1. The molecular weight excluding hydrogens is 332 g/mol. The molecule has 138 valence electrons. The van der Waals surface area contributed by atoms with Crippen molar-refractivity contribution in [3.05, 3.63) is 29.3 Å². The number of carbonyl (C=O) groups excluding carboxylic acids is 1. The molecule has 0 heterocycles. The van der Waals surface area contributed by atoms with Crippen molar-refractivity contribution in [1.29, 1.82) is 0 Å². The summed E-state index contributed by atoms with van der Waals surface area (Å²) >= 11 is 1.74. The average molecular weight is 363 g/mol. The van der Waals surface area contributed by atoms with Gasteiger partial charge in [-0.2, -0.15) is 0 Å². The molecule has 2 rings (SSSR count). The van der Waals surface area contributed by atoms with E-state index in [-0.39, 0.29) is 12.5 Å². The lowest BCUT2D eigenvalue weighted by Gasteiger charge is -2.23. The Kier molecular flexibility index (Phi) is 8.12. The molecule has 0 aliphatic heterocycles. The van der Waals surface area contributed by atoms with Gasteiger partial charge in [-0.15, -0.1) is 11.8 Å². The molecule has 0 aromatic heterocycles. The highest BCUT2D eigenvalue weighted by atomic mass is 32.2. The first-order valence-corrected chi connectivity index (χ1v) is 10.2. The van der Waals surface area contributed by atoms with Crippen LogP contribution in [0.5, 0.6) is 0 Å². The number of benzene rings is 1. The number of rotatable bonds is 6. The van der Waals surface area contributed by atoms with Crippen LogP contribution in [0.1, 0.15) is 43.2 Å². The van der Waals surface area contributed by atoms with Crippen molar-refractivity contribution in [2.45, 2.75) is 56.5 Å². The molecule has 0 bridgehead atoms. The van der Waals surface area contributed by atoms with E-state index in [1.807, 2.05) is 0 Å². The molecule has 0 radical (unpaired) electrons. The second kappa shape index (κ2) is 10.3. The molecule has 1 aromatic rings. The van der Waals surface area contributed by atoms with Crippen molar-refractivity contribution in [3.63, 3.8) is 0 Å². The monoisotopic (exact) mass is 362 g/mol. The fourth-order valence-corrected chi connectivity index (χ4v) is 3.79. The lowest BCUT2D eigenvalue weighted by molar-refractivity contribution is -0.120. The van der Waals surface area contributed by atoms with Crippen molar-refractivity contribution in [1.82, 2.24) is 16.0 Å². The predicted molar refractivity (Wildman–Crippen MR) is 106 cm³/mol. The van der Waals surface area contributed by atoms with Crippen LogP contribution in [0.4, 0.5) is 0 Å². The fourth-order valence-electron chi connectivity index (χ4n) is 3.09. The van der Waals surface area contributed by atoms with E-state index in [0.717, 1.165) is 12.8 Å². The van der Waals surface area contributed by atoms with Gasteiger partial charge in [-0.25, -0.2) is 0 Å². The second-order valence-corrected chi connectivity index (χ2v) is 7.35. The number of hydrogen-bond donors (Lipinski definition) is 3. The van der Waals surface area contributed by atoms with Gasteiger partial charge < -0.3 is 16.0 Å². The molecule has 0 spiro atoms. The summed E-state index contributed by atoms with van der Waals surface area (Å²) < 4.78 is 0. The van der Waals surface area contributed by atoms with Gasteiger partial charge in [0.2, 0.25) is 5.91 Å². The van der Waals surface area contributed by atoms with Gasteiger partial charge in [-0.1, -0.05) is 31.4 Å². The van der Waals surface area contributed by atoms with Crippen LogP contribution in [-0.4, -0.2) is 37.8 Å². The standard InChI is InChI=1S/C19H30N4OS/c1-14-9-10-15(17(11-14)25-3)12-21-19(20-2)22-13-18(24)23-16-7-5-4-6-8-16/h9-11,16H,4-8,12-13H2,1-3H3,(H,23,24)(H2,20,21,22). The molecule has 1 amide bonds. The number of guanidine groups is 1. The quantitative estimate of drug-likeness (QED) is 0.414. The zero-order valence-electron chi connectivity index (χ0n) is 15.5. The molecular formula is C19H30N4OS. The maximum atomic E-state index is 12.1. The first kappa shape index (κ1) is 19.6. The Morgan fingerprint density at radius 1 is 1.24 bits per heavy atom. The highest BCUT2D eigenvalue weighted by Gasteiger charge is 2.15. The van der Waals surface area contributed by atoms with Gasteiger partial charge in [-0.05, 0) is 43.2 Å². The van der Waals surface area contributed by atoms with Gasteiger partial charge in [0.1, 0.15) is 0 Å². The van der Waals surface area contributed by atoms with Crippen LogP contribution in [0, 0.1) is 6.92 Å². The first-order valence-electron chi connectivity index (χ1n) is 8.99. The largest absolute Gasteiger partial charge is 0.352 e. The number of nitrogens with one attached hydrogen (secondary N) is 3. The molecule has 1 fully saturated rings. The van der Waals surface area contributed by atoms with Gasteiger partial charge in [0.15, 0.2) is 5.96 Å². The van der Waals surface area contributed by atoms with Crippen LogP contribution in [0.3, 0.4) is 0 Å². The average Bonchev–Trinajstić information content (AvgIpc) is 2.63. The molecule has 0 unspecified atom stereocenters. The molecule has 1 aliphatic carbocycles. The zero-order chi connectivity index (χ0) is 18.1.